The number of nitrogens with two attached hydrogens (primary N) is 3. The van der Waals surface area contributed by atoms with Crippen molar-refractivity contribution in [2.75, 3.05) is 63.9 Å². The highest BCUT2D eigenvalue weighted by atomic mass is 32.2. The second kappa shape index (κ2) is 52.8. The molecule has 2 amide bonds. The van der Waals surface area contributed by atoms with Gasteiger partial charge in [0.05, 0.1) is 6.04 Å². The maximum absolute atomic E-state index is 13.3. The van der Waals surface area contributed by atoms with Gasteiger partial charge in [0.25, 0.3) is 0 Å². The number of unbranched alkanes of at least 4 members (excludes halogenated alkanes) is 26. The van der Waals surface area contributed by atoms with E-state index in [0.29, 0.717) is 51.1 Å². The molecule has 0 aromatic heterocycles. The molecule has 1 unspecified atom stereocenters. The molecular formula is C54H109N7O6S. The van der Waals surface area contributed by atoms with Crippen molar-refractivity contribution in [2.24, 2.45) is 17.2 Å². The summed E-state index contributed by atoms with van der Waals surface area (Å²) in [6, 6.07) is -1.59. The second-order valence-electron chi connectivity index (χ2n) is 19.3. The monoisotopic (exact) mass is 984 g/mol. The standard InChI is InChI=1S/C54H109N7O6S/c1-3-5-7-9-11-13-15-17-19-21-23-25-27-36-51(62)66-45-48(67-52(63)37-28-26-24-22-20-18-16-14-12-10-8-6-4-2)46-68-47-49(57)53(64)61-50(35-29-30-38-55)54(65)60-44-34-43-59-41-32-31-40-58-42-33-39-56/h48-50,58-59H,3-47,55-57H2,1-2H3,(H,60,65)(H,61,64)/t48?,49-,50-/m0/s1. The highest BCUT2D eigenvalue weighted by molar-refractivity contribution is 7.99. The van der Waals surface area contributed by atoms with Crippen LogP contribution in [0.3, 0.4) is 0 Å². The molecule has 0 spiro atoms. The lowest BCUT2D eigenvalue weighted by Gasteiger charge is -2.22. The average molecular weight is 985 g/mol. The van der Waals surface area contributed by atoms with Crippen LogP contribution in [0.25, 0.3) is 0 Å². The lowest BCUT2D eigenvalue weighted by atomic mass is 10.0. The van der Waals surface area contributed by atoms with Crippen LogP contribution in [0.5, 0.6) is 0 Å². The molecule has 3 atom stereocenters. The van der Waals surface area contributed by atoms with Gasteiger partial charge in [0.15, 0.2) is 0 Å². The Morgan fingerprint density at radius 2 is 0.912 bits per heavy atom. The van der Waals surface area contributed by atoms with E-state index >= 15 is 0 Å². The van der Waals surface area contributed by atoms with Crippen LogP contribution in [0.2, 0.25) is 0 Å². The van der Waals surface area contributed by atoms with E-state index in [1.807, 2.05) is 0 Å². The minimum atomic E-state index is -0.884. The van der Waals surface area contributed by atoms with Crippen LogP contribution in [0, 0.1) is 0 Å². The van der Waals surface area contributed by atoms with E-state index in [9.17, 15) is 19.2 Å². The Morgan fingerprint density at radius 3 is 1.40 bits per heavy atom. The lowest BCUT2D eigenvalue weighted by Crippen LogP contribution is -2.52. The maximum atomic E-state index is 13.3. The summed E-state index contributed by atoms with van der Waals surface area (Å²) < 4.78 is 11.5. The van der Waals surface area contributed by atoms with Crippen LogP contribution in [0.15, 0.2) is 0 Å². The number of amides is 2. The molecule has 14 heteroatoms. The summed E-state index contributed by atoms with van der Waals surface area (Å²) in [5.74, 6) is -0.632. The smallest absolute Gasteiger partial charge is 0.306 e. The molecule has 13 nitrogen and oxygen atoms in total. The first-order chi connectivity index (χ1) is 33.3. The van der Waals surface area contributed by atoms with Crippen LogP contribution in [-0.4, -0.2) is 106 Å². The normalized spacial score (nSPS) is 12.7. The number of hydrogen-bond donors (Lipinski definition) is 7. The summed E-state index contributed by atoms with van der Waals surface area (Å²) in [6.45, 7) is 9.87. The zero-order valence-corrected chi connectivity index (χ0v) is 45.0. The Bertz CT molecular complexity index is 1140. The summed E-state index contributed by atoms with van der Waals surface area (Å²) >= 11 is 1.38. The van der Waals surface area contributed by atoms with Crippen molar-refractivity contribution in [2.45, 2.75) is 257 Å². The third-order valence-electron chi connectivity index (χ3n) is 12.6. The van der Waals surface area contributed by atoms with E-state index in [4.69, 9.17) is 26.7 Å². The molecule has 0 aliphatic heterocycles. The minimum Gasteiger partial charge on any atom is -0.462 e. The lowest BCUT2D eigenvalue weighted by molar-refractivity contribution is -0.157. The van der Waals surface area contributed by atoms with Crippen molar-refractivity contribution < 1.29 is 28.7 Å². The van der Waals surface area contributed by atoms with Gasteiger partial charge in [0.2, 0.25) is 11.8 Å². The topological polar surface area (TPSA) is 213 Å². The average Bonchev–Trinajstić information content (AvgIpc) is 3.33. The molecule has 0 heterocycles. The SMILES string of the molecule is CCCCCCCCCCCCCCCC(=O)OCC(CSC[C@H](N)C(=O)N[C@@H](CCCCN)C(=O)NCCCNCCCCNCCCN)OC(=O)CCCCCCCCCCCCCCC. The van der Waals surface area contributed by atoms with Gasteiger partial charge >= 0.3 is 11.9 Å². The molecule has 0 aliphatic carbocycles. The summed E-state index contributed by atoms with van der Waals surface area (Å²) in [7, 11) is 0. The Balaban J connectivity index is 4.86. The molecule has 0 aliphatic rings. The fourth-order valence-electron chi connectivity index (χ4n) is 8.16. The van der Waals surface area contributed by atoms with Crippen molar-refractivity contribution in [3.05, 3.63) is 0 Å². The molecule has 0 saturated heterocycles. The van der Waals surface area contributed by atoms with E-state index in [1.165, 1.54) is 140 Å². The van der Waals surface area contributed by atoms with Gasteiger partial charge in [0, 0.05) is 30.9 Å². The molecule has 10 N–H and O–H groups in total. The molecule has 0 rings (SSSR count). The number of carbonyl (C=O) groups excluding carboxylic acids is 4. The molecule has 0 aromatic carbocycles. The second-order valence-corrected chi connectivity index (χ2v) is 20.3. The fourth-order valence-corrected chi connectivity index (χ4v) is 9.13. The highest BCUT2D eigenvalue weighted by Gasteiger charge is 2.24. The van der Waals surface area contributed by atoms with Gasteiger partial charge in [-0.3, -0.25) is 19.2 Å². The Labute approximate surface area is 421 Å². The van der Waals surface area contributed by atoms with Gasteiger partial charge in [0.1, 0.15) is 18.8 Å². The molecule has 0 fully saturated rings. The third-order valence-corrected chi connectivity index (χ3v) is 13.8. The van der Waals surface area contributed by atoms with Crippen LogP contribution < -0.4 is 38.5 Å². The Kier molecular flexibility index (Phi) is 51.3. The Hall–Kier alpha value is -1.97. The van der Waals surface area contributed by atoms with Crippen LogP contribution in [-0.2, 0) is 28.7 Å². The summed E-state index contributed by atoms with van der Waals surface area (Å²) in [5, 5.41) is 12.7. The molecule has 0 bridgehead atoms. The van der Waals surface area contributed by atoms with Gasteiger partial charge < -0.3 is 47.9 Å². The van der Waals surface area contributed by atoms with E-state index in [1.54, 1.807) is 0 Å². The number of thioether (sulfide) groups is 1. The van der Waals surface area contributed by atoms with E-state index in [-0.39, 0.29) is 30.2 Å². The molecule has 0 aromatic rings. The molecular weight excluding hydrogens is 875 g/mol. The first kappa shape index (κ1) is 66.0. The molecule has 68 heavy (non-hydrogen) atoms. The van der Waals surface area contributed by atoms with Gasteiger partial charge in [-0.2, -0.15) is 11.8 Å². The summed E-state index contributed by atoms with van der Waals surface area (Å²) in [5.41, 5.74) is 17.6. The van der Waals surface area contributed by atoms with Gasteiger partial charge in [-0.05, 0) is 97.1 Å². The fraction of sp³-hybridized carbons (Fsp3) is 0.926. The number of hydrogen-bond acceptors (Lipinski definition) is 12. The Morgan fingerprint density at radius 1 is 0.471 bits per heavy atom. The molecule has 0 radical (unpaired) electrons. The largest absolute Gasteiger partial charge is 0.462 e. The zero-order valence-electron chi connectivity index (χ0n) is 44.1. The van der Waals surface area contributed by atoms with Crippen molar-refractivity contribution >= 4 is 35.5 Å². The van der Waals surface area contributed by atoms with E-state index in [0.717, 1.165) is 96.8 Å². The van der Waals surface area contributed by atoms with Crippen LogP contribution in [0.4, 0.5) is 0 Å². The van der Waals surface area contributed by atoms with Crippen molar-refractivity contribution in [1.29, 1.82) is 0 Å². The molecule has 0 saturated carbocycles. The number of nitrogens with one attached hydrogen (secondary N) is 4. The predicted molar refractivity (Wildman–Crippen MR) is 288 cm³/mol. The van der Waals surface area contributed by atoms with Crippen molar-refractivity contribution in [3.8, 4) is 0 Å². The van der Waals surface area contributed by atoms with Gasteiger partial charge in [-0.1, -0.05) is 168 Å². The minimum absolute atomic E-state index is 0.0257. The first-order valence-electron chi connectivity index (χ1n) is 28.4. The predicted octanol–water partition coefficient (Wildman–Crippen LogP) is 9.89. The number of ether oxygens (including phenoxy) is 2. The van der Waals surface area contributed by atoms with Crippen molar-refractivity contribution in [3.63, 3.8) is 0 Å². The summed E-state index contributed by atoms with van der Waals surface area (Å²) in [4.78, 5) is 52.2. The highest BCUT2D eigenvalue weighted by Crippen LogP contribution is 2.16. The first-order valence-corrected chi connectivity index (χ1v) is 29.5. The van der Waals surface area contributed by atoms with Crippen molar-refractivity contribution in [1.82, 2.24) is 21.3 Å². The van der Waals surface area contributed by atoms with Crippen LogP contribution in [0.1, 0.15) is 239 Å². The van der Waals surface area contributed by atoms with E-state index in [2.05, 4.69) is 35.1 Å². The maximum Gasteiger partial charge on any atom is 0.306 e. The van der Waals surface area contributed by atoms with Gasteiger partial charge in [-0.15, -0.1) is 0 Å². The van der Waals surface area contributed by atoms with Gasteiger partial charge in [-0.25, -0.2) is 0 Å². The number of esters is 2. The zero-order chi connectivity index (χ0) is 49.8. The third kappa shape index (κ3) is 46.4. The van der Waals surface area contributed by atoms with E-state index < -0.39 is 24.1 Å². The number of rotatable bonds is 54. The quantitative estimate of drug-likeness (QED) is 0.0224. The molecule has 402 valence electrons. The van der Waals surface area contributed by atoms with Crippen LogP contribution >= 0.6 is 11.8 Å². The number of carbonyl (C=O) groups is 4. The summed E-state index contributed by atoms with van der Waals surface area (Å²) in [6.07, 6.45) is 38.0.